The Morgan fingerprint density at radius 2 is 2.13 bits per heavy atom. The number of aliphatic hydroxyl groups is 1. The van der Waals surface area contributed by atoms with Gasteiger partial charge in [0.25, 0.3) is 0 Å². The fourth-order valence-electron chi connectivity index (χ4n) is 1.97. The number of aryl methyl sites for hydroxylation is 1. The third kappa shape index (κ3) is 2.05. The molecule has 1 atom stereocenters. The SMILES string of the molecule is CCn1ccc2ccc(CC(C)O)cc21. The topological polar surface area (TPSA) is 25.2 Å². The summed E-state index contributed by atoms with van der Waals surface area (Å²) < 4.78 is 2.22. The quantitative estimate of drug-likeness (QED) is 0.815. The van der Waals surface area contributed by atoms with E-state index in [4.69, 9.17) is 0 Å². The molecule has 0 saturated heterocycles. The van der Waals surface area contributed by atoms with Crippen LogP contribution in [0.3, 0.4) is 0 Å². The van der Waals surface area contributed by atoms with Crippen molar-refractivity contribution in [1.29, 1.82) is 0 Å². The fourth-order valence-corrected chi connectivity index (χ4v) is 1.97. The van der Waals surface area contributed by atoms with Crippen LogP contribution in [0.4, 0.5) is 0 Å². The third-order valence-electron chi connectivity index (χ3n) is 2.71. The molecule has 1 heterocycles. The first-order valence-electron chi connectivity index (χ1n) is 5.46. The van der Waals surface area contributed by atoms with Crippen molar-refractivity contribution in [2.24, 2.45) is 0 Å². The van der Waals surface area contributed by atoms with Crippen molar-refractivity contribution in [3.63, 3.8) is 0 Å². The molecule has 15 heavy (non-hydrogen) atoms. The highest BCUT2D eigenvalue weighted by atomic mass is 16.3. The van der Waals surface area contributed by atoms with E-state index in [-0.39, 0.29) is 6.10 Å². The molecule has 80 valence electrons. The molecular formula is C13H17NO. The number of fused-ring (bicyclic) bond motifs is 1. The van der Waals surface area contributed by atoms with Crippen LogP contribution >= 0.6 is 0 Å². The maximum Gasteiger partial charge on any atom is 0.0552 e. The Morgan fingerprint density at radius 3 is 2.80 bits per heavy atom. The molecule has 0 aliphatic rings. The predicted octanol–water partition coefficient (Wildman–Crippen LogP) is 2.58. The highest BCUT2D eigenvalue weighted by molar-refractivity contribution is 5.80. The van der Waals surface area contributed by atoms with Crippen molar-refractivity contribution < 1.29 is 5.11 Å². The summed E-state index contributed by atoms with van der Waals surface area (Å²) in [5, 5.41) is 10.6. The number of rotatable bonds is 3. The van der Waals surface area contributed by atoms with Crippen molar-refractivity contribution in [3.05, 3.63) is 36.0 Å². The van der Waals surface area contributed by atoms with Gasteiger partial charge >= 0.3 is 0 Å². The monoisotopic (exact) mass is 203 g/mol. The van der Waals surface area contributed by atoms with Gasteiger partial charge in [-0.3, -0.25) is 0 Å². The summed E-state index contributed by atoms with van der Waals surface area (Å²) in [6.07, 6.45) is 2.56. The zero-order valence-electron chi connectivity index (χ0n) is 9.27. The molecule has 1 N–H and O–H groups in total. The highest BCUT2D eigenvalue weighted by Crippen LogP contribution is 2.18. The summed E-state index contributed by atoms with van der Waals surface area (Å²) in [5.41, 5.74) is 2.46. The number of aliphatic hydroxyl groups excluding tert-OH is 1. The molecule has 0 radical (unpaired) electrons. The maximum atomic E-state index is 9.35. The van der Waals surface area contributed by atoms with E-state index < -0.39 is 0 Å². The molecule has 0 aliphatic carbocycles. The van der Waals surface area contributed by atoms with Gasteiger partial charge in [0, 0.05) is 18.3 Å². The zero-order valence-corrected chi connectivity index (χ0v) is 9.27. The van der Waals surface area contributed by atoms with E-state index in [2.05, 4.69) is 42.0 Å². The van der Waals surface area contributed by atoms with Crippen LogP contribution in [0.5, 0.6) is 0 Å². The van der Waals surface area contributed by atoms with Crippen LogP contribution in [0.25, 0.3) is 10.9 Å². The van der Waals surface area contributed by atoms with E-state index in [1.165, 1.54) is 16.5 Å². The minimum atomic E-state index is -0.271. The van der Waals surface area contributed by atoms with Gasteiger partial charge in [-0.25, -0.2) is 0 Å². The van der Waals surface area contributed by atoms with Crippen LogP contribution in [0.1, 0.15) is 19.4 Å². The molecule has 2 rings (SSSR count). The molecule has 0 spiro atoms. The van der Waals surface area contributed by atoms with Gasteiger partial charge in [-0.05, 0) is 43.4 Å². The second-order valence-electron chi connectivity index (χ2n) is 4.05. The molecule has 2 aromatic rings. The zero-order chi connectivity index (χ0) is 10.8. The van der Waals surface area contributed by atoms with Crippen molar-refractivity contribution in [1.82, 2.24) is 4.57 Å². The minimum Gasteiger partial charge on any atom is -0.393 e. The van der Waals surface area contributed by atoms with Crippen molar-refractivity contribution in [2.45, 2.75) is 32.9 Å². The van der Waals surface area contributed by atoms with Gasteiger partial charge in [0.15, 0.2) is 0 Å². The first-order valence-corrected chi connectivity index (χ1v) is 5.46. The molecule has 0 amide bonds. The van der Waals surface area contributed by atoms with Gasteiger partial charge in [-0.1, -0.05) is 12.1 Å². The smallest absolute Gasteiger partial charge is 0.0552 e. The first-order chi connectivity index (χ1) is 7.20. The molecule has 2 heteroatoms. The van der Waals surface area contributed by atoms with Gasteiger partial charge in [0.2, 0.25) is 0 Å². The normalized spacial score (nSPS) is 13.3. The Morgan fingerprint density at radius 1 is 1.33 bits per heavy atom. The van der Waals surface area contributed by atoms with Crippen molar-refractivity contribution >= 4 is 10.9 Å². The van der Waals surface area contributed by atoms with Gasteiger partial charge < -0.3 is 9.67 Å². The third-order valence-corrected chi connectivity index (χ3v) is 2.71. The minimum absolute atomic E-state index is 0.271. The van der Waals surface area contributed by atoms with E-state index in [0.29, 0.717) is 0 Å². The fraction of sp³-hybridized carbons (Fsp3) is 0.385. The number of aromatic nitrogens is 1. The Balaban J connectivity index is 2.43. The maximum absolute atomic E-state index is 9.35. The van der Waals surface area contributed by atoms with Gasteiger partial charge in [-0.2, -0.15) is 0 Å². The first kappa shape index (κ1) is 10.2. The lowest BCUT2D eigenvalue weighted by Gasteiger charge is -2.06. The van der Waals surface area contributed by atoms with Crippen LogP contribution < -0.4 is 0 Å². The van der Waals surface area contributed by atoms with E-state index >= 15 is 0 Å². The van der Waals surface area contributed by atoms with Gasteiger partial charge in [-0.15, -0.1) is 0 Å². The molecule has 1 aromatic carbocycles. The largest absolute Gasteiger partial charge is 0.393 e. The summed E-state index contributed by atoms with van der Waals surface area (Å²) in [4.78, 5) is 0. The highest BCUT2D eigenvalue weighted by Gasteiger charge is 2.03. The predicted molar refractivity (Wildman–Crippen MR) is 63.0 cm³/mol. The van der Waals surface area contributed by atoms with Crippen LogP contribution in [-0.2, 0) is 13.0 Å². The second kappa shape index (κ2) is 4.07. The molecule has 0 bridgehead atoms. The molecule has 1 aromatic heterocycles. The van der Waals surface area contributed by atoms with Gasteiger partial charge in [0.1, 0.15) is 0 Å². The summed E-state index contributed by atoms with van der Waals surface area (Å²) in [6, 6.07) is 8.52. The number of hydrogen-bond acceptors (Lipinski definition) is 1. The standard InChI is InChI=1S/C13H17NO/c1-3-14-7-6-12-5-4-11(8-10(2)15)9-13(12)14/h4-7,9-10,15H,3,8H2,1-2H3. The van der Waals surface area contributed by atoms with E-state index in [1.54, 1.807) is 0 Å². The summed E-state index contributed by atoms with van der Waals surface area (Å²) in [6.45, 7) is 4.95. The average molecular weight is 203 g/mol. The summed E-state index contributed by atoms with van der Waals surface area (Å²) in [7, 11) is 0. The van der Waals surface area contributed by atoms with Gasteiger partial charge in [0.05, 0.1) is 6.10 Å². The van der Waals surface area contributed by atoms with E-state index in [9.17, 15) is 5.11 Å². The Hall–Kier alpha value is -1.28. The van der Waals surface area contributed by atoms with Crippen molar-refractivity contribution in [3.8, 4) is 0 Å². The van der Waals surface area contributed by atoms with E-state index in [0.717, 1.165) is 13.0 Å². The van der Waals surface area contributed by atoms with Crippen LogP contribution in [0.15, 0.2) is 30.5 Å². The molecule has 0 fully saturated rings. The Bertz CT molecular complexity index is 457. The molecule has 2 nitrogen and oxygen atoms in total. The van der Waals surface area contributed by atoms with Crippen LogP contribution in [0, 0.1) is 0 Å². The average Bonchev–Trinajstić information content (AvgIpc) is 2.59. The number of hydrogen-bond donors (Lipinski definition) is 1. The number of benzene rings is 1. The Labute approximate surface area is 90.2 Å². The summed E-state index contributed by atoms with van der Waals surface area (Å²) in [5.74, 6) is 0. The van der Waals surface area contributed by atoms with Crippen LogP contribution in [0.2, 0.25) is 0 Å². The van der Waals surface area contributed by atoms with Crippen molar-refractivity contribution in [2.75, 3.05) is 0 Å². The molecular weight excluding hydrogens is 186 g/mol. The number of nitrogens with zero attached hydrogens (tertiary/aromatic N) is 1. The second-order valence-corrected chi connectivity index (χ2v) is 4.05. The molecule has 0 aliphatic heterocycles. The molecule has 0 saturated carbocycles. The lowest BCUT2D eigenvalue weighted by atomic mass is 10.1. The van der Waals surface area contributed by atoms with E-state index in [1.807, 2.05) is 6.92 Å². The summed E-state index contributed by atoms with van der Waals surface area (Å²) >= 11 is 0. The lowest BCUT2D eigenvalue weighted by Crippen LogP contribution is -2.04. The lowest BCUT2D eigenvalue weighted by molar-refractivity contribution is 0.195. The van der Waals surface area contributed by atoms with Crippen LogP contribution in [-0.4, -0.2) is 15.8 Å². The Kier molecular flexibility index (Phi) is 2.78. The molecule has 1 unspecified atom stereocenters.